The van der Waals surface area contributed by atoms with Crippen molar-refractivity contribution in [2.45, 2.75) is 18.8 Å². The fraction of sp³-hybridized carbons (Fsp3) is 0.0526. The van der Waals surface area contributed by atoms with Crippen LogP contribution in [0.25, 0.3) is 66.1 Å². The predicted molar refractivity (Wildman–Crippen MR) is 246 cm³/mol. The fourth-order valence-corrected chi connectivity index (χ4v) is 10.9. The lowest BCUT2D eigenvalue weighted by Crippen LogP contribution is -2.37. The summed E-state index contributed by atoms with van der Waals surface area (Å²) in [6, 6.07) is 73.7. The van der Waals surface area contributed by atoms with Crippen LogP contribution in [0.5, 0.6) is 11.5 Å². The van der Waals surface area contributed by atoms with Crippen LogP contribution >= 0.6 is 0 Å². The first kappa shape index (κ1) is 33.4. The van der Waals surface area contributed by atoms with Crippen molar-refractivity contribution in [1.29, 1.82) is 0 Å². The zero-order chi connectivity index (χ0) is 39.5. The Balaban J connectivity index is 1.12. The molecular formula is C57H38N2O. The average molecular weight is 767 g/mol. The Morgan fingerprint density at radius 1 is 0.467 bits per heavy atom. The second-order valence-electron chi connectivity index (χ2n) is 16.4. The van der Waals surface area contributed by atoms with Gasteiger partial charge in [-0.1, -0.05) is 158 Å². The summed E-state index contributed by atoms with van der Waals surface area (Å²) in [5.41, 5.74) is 17.7. The highest BCUT2D eigenvalue weighted by Gasteiger charge is 2.50. The van der Waals surface area contributed by atoms with Crippen LogP contribution in [0.15, 0.2) is 200 Å². The van der Waals surface area contributed by atoms with Crippen LogP contribution in [0.4, 0.5) is 0 Å². The third-order valence-corrected chi connectivity index (χ3v) is 13.4. The van der Waals surface area contributed by atoms with Gasteiger partial charge in [0, 0.05) is 33.0 Å². The number of hydrogen-bond donors (Lipinski definition) is 0. The van der Waals surface area contributed by atoms with Gasteiger partial charge in [0.1, 0.15) is 11.5 Å². The van der Waals surface area contributed by atoms with E-state index in [4.69, 9.17) is 4.74 Å². The zero-order valence-electron chi connectivity index (χ0n) is 33.1. The molecule has 13 rings (SSSR count). The Morgan fingerprint density at radius 3 is 2.02 bits per heavy atom. The highest BCUT2D eigenvalue weighted by Crippen LogP contribution is 2.62. The second kappa shape index (κ2) is 12.4. The number of ether oxygens (including phenoxy) is 1. The molecule has 60 heavy (non-hydrogen) atoms. The van der Waals surface area contributed by atoms with Gasteiger partial charge in [-0.15, -0.1) is 0 Å². The monoisotopic (exact) mass is 766 g/mol. The van der Waals surface area contributed by atoms with Crippen molar-refractivity contribution in [2.24, 2.45) is 0 Å². The molecule has 0 saturated heterocycles. The van der Waals surface area contributed by atoms with Crippen molar-refractivity contribution in [1.82, 2.24) is 9.13 Å². The molecule has 9 aromatic carbocycles. The van der Waals surface area contributed by atoms with Crippen LogP contribution in [-0.2, 0) is 11.8 Å². The number of hydrogen-bond acceptors (Lipinski definition) is 1. The number of benzene rings is 9. The molecule has 0 bridgehead atoms. The minimum atomic E-state index is -0.639. The number of nitrogens with zero attached hydrogens (tertiary/aromatic N) is 2. The number of para-hydroxylation sites is 5. The largest absolute Gasteiger partial charge is 0.456 e. The van der Waals surface area contributed by atoms with Gasteiger partial charge in [-0.2, -0.15) is 0 Å². The molecule has 0 radical (unpaired) electrons. The molecule has 2 aliphatic heterocycles. The van der Waals surface area contributed by atoms with Gasteiger partial charge in [-0.3, -0.25) is 0 Å². The van der Waals surface area contributed by atoms with Crippen LogP contribution < -0.4 is 4.74 Å². The Bertz CT molecular complexity index is 3570. The van der Waals surface area contributed by atoms with Gasteiger partial charge < -0.3 is 13.9 Å². The smallest absolute Gasteiger partial charge is 0.142 e. The zero-order valence-corrected chi connectivity index (χ0v) is 33.1. The van der Waals surface area contributed by atoms with Gasteiger partial charge in [-0.25, -0.2) is 0 Å². The molecule has 1 unspecified atom stereocenters. The Hall–Kier alpha value is -7.62. The summed E-state index contributed by atoms with van der Waals surface area (Å²) >= 11 is 0. The highest BCUT2D eigenvalue weighted by molar-refractivity contribution is 6.15. The summed E-state index contributed by atoms with van der Waals surface area (Å²) in [4.78, 5) is 0. The van der Waals surface area contributed by atoms with Crippen molar-refractivity contribution in [3.63, 3.8) is 0 Å². The summed E-state index contributed by atoms with van der Waals surface area (Å²) in [6.45, 7) is 2.21. The van der Waals surface area contributed by atoms with Gasteiger partial charge in [0.2, 0.25) is 0 Å². The van der Waals surface area contributed by atoms with Crippen molar-refractivity contribution >= 4 is 43.6 Å². The number of aryl methyl sites for hydroxylation is 1. The summed E-state index contributed by atoms with van der Waals surface area (Å²) in [7, 11) is 0. The van der Waals surface area contributed by atoms with E-state index in [9.17, 15) is 0 Å². The molecule has 0 fully saturated rings. The molecule has 0 saturated carbocycles. The maximum atomic E-state index is 7.31. The van der Waals surface area contributed by atoms with Crippen molar-refractivity contribution in [3.05, 3.63) is 239 Å². The first-order valence-corrected chi connectivity index (χ1v) is 20.9. The molecule has 2 aliphatic rings. The Kier molecular flexibility index (Phi) is 6.92. The van der Waals surface area contributed by atoms with Crippen molar-refractivity contribution < 1.29 is 4.74 Å². The molecule has 282 valence electrons. The van der Waals surface area contributed by atoms with Crippen molar-refractivity contribution in [2.75, 3.05) is 0 Å². The minimum absolute atomic E-state index is 0.639. The lowest BCUT2D eigenvalue weighted by atomic mass is 9.61. The normalized spacial score (nSPS) is 15.0. The second-order valence-corrected chi connectivity index (χ2v) is 16.4. The predicted octanol–water partition coefficient (Wildman–Crippen LogP) is 14.2. The van der Waals surface area contributed by atoms with Crippen molar-refractivity contribution in [3.8, 4) is 34.0 Å². The van der Waals surface area contributed by atoms with E-state index in [0.29, 0.717) is 0 Å². The lowest BCUT2D eigenvalue weighted by molar-refractivity contribution is 0.439. The van der Waals surface area contributed by atoms with Gasteiger partial charge in [0.05, 0.1) is 38.6 Å². The summed E-state index contributed by atoms with van der Waals surface area (Å²) in [6.07, 6.45) is 0.828. The van der Waals surface area contributed by atoms with Crippen LogP contribution in [0.2, 0.25) is 0 Å². The highest BCUT2D eigenvalue weighted by atomic mass is 16.5. The SMILES string of the molecule is Cc1ccccc1-c1ccc(-n2c3ccccc3c3c4c(ccc32)C2(c3ccccc3O4)c3ccccc3-n3c4ccccc4c4cccc2c43)cc1Cc1ccccc1. The van der Waals surface area contributed by atoms with E-state index in [1.807, 2.05) is 0 Å². The van der Waals surface area contributed by atoms with Gasteiger partial charge in [-0.05, 0) is 94.8 Å². The van der Waals surface area contributed by atoms with E-state index in [1.54, 1.807) is 0 Å². The van der Waals surface area contributed by atoms with Crippen LogP contribution in [0, 0.1) is 6.92 Å². The molecule has 2 aromatic heterocycles. The van der Waals surface area contributed by atoms with Crippen LogP contribution in [0.3, 0.4) is 0 Å². The summed E-state index contributed by atoms with van der Waals surface area (Å²) < 4.78 is 12.3. The molecular weight excluding hydrogens is 729 g/mol. The minimum Gasteiger partial charge on any atom is -0.456 e. The molecule has 3 heteroatoms. The van der Waals surface area contributed by atoms with E-state index in [2.05, 4.69) is 216 Å². The van der Waals surface area contributed by atoms with Crippen LogP contribution in [0.1, 0.15) is 38.9 Å². The molecule has 4 heterocycles. The Labute approximate surface area is 348 Å². The number of rotatable bonds is 4. The van der Waals surface area contributed by atoms with E-state index >= 15 is 0 Å². The molecule has 0 amide bonds. The molecule has 1 atom stereocenters. The summed E-state index contributed by atoms with van der Waals surface area (Å²) in [5.74, 6) is 1.80. The molecule has 0 N–H and O–H groups in total. The topological polar surface area (TPSA) is 19.1 Å². The Morgan fingerprint density at radius 2 is 1.15 bits per heavy atom. The fourth-order valence-electron chi connectivity index (χ4n) is 10.9. The molecule has 0 aliphatic carbocycles. The van der Waals surface area contributed by atoms with Gasteiger partial charge in [0.15, 0.2) is 0 Å². The first-order valence-electron chi connectivity index (χ1n) is 20.9. The third-order valence-electron chi connectivity index (χ3n) is 13.4. The quantitative estimate of drug-likeness (QED) is 0.175. The standard InChI is InChI=1S/C57H38N2O/c1-36-16-5-6-19-40(36)41-31-30-39(35-38(41)34-37-17-3-2-4-18-37)58-50-27-12-8-21-44(50)54-52(58)33-32-48-56(54)60-53-29-14-10-24-46(53)57(48)45-23-9-13-28-51(45)59-49-26-11-7-20-42(49)43-22-15-25-47(57)55(43)59/h2-33,35H,34H2,1H3. The number of aromatic nitrogens is 2. The molecule has 11 aromatic rings. The molecule has 1 spiro atoms. The third kappa shape index (κ3) is 4.38. The number of fused-ring (bicyclic) bond motifs is 15. The first-order chi connectivity index (χ1) is 29.7. The van der Waals surface area contributed by atoms with E-state index in [-0.39, 0.29) is 0 Å². The van der Waals surface area contributed by atoms with E-state index in [0.717, 1.165) is 51.2 Å². The van der Waals surface area contributed by atoms with Gasteiger partial charge >= 0.3 is 0 Å². The maximum absolute atomic E-state index is 7.31. The maximum Gasteiger partial charge on any atom is 0.142 e. The lowest BCUT2D eigenvalue weighted by Gasteiger charge is -2.45. The van der Waals surface area contributed by atoms with Gasteiger partial charge in [0.25, 0.3) is 0 Å². The molecule has 3 nitrogen and oxygen atoms in total. The van der Waals surface area contributed by atoms with E-state index < -0.39 is 5.41 Å². The van der Waals surface area contributed by atoms with E-state index in [1.165, 1.54) is 71.8 Å². The van der Waals surface area contributed by atoms with Crippen LogP contribution in [-0.4, -0.2) is 9.13 Å². The average Bonchev–Trinajstić information content (AvgIpc) is 3.82. The summed E-state index contributed by atoms with van der Waals surface area (Å²) in [5, 5.41) is 4.82.